The summed E-state index contributed by atoms with van der Waals surface area (Å²) < 4.78 is 13.0. The van der Waals surface area contributed by atoms with E-state index in [2.05, 4.69) is 5.32 Å². The number of aryl methyl sites for hydroxylation is 1. The van der Waals surface area contributed by atoms with Gasteiger partial charge in [-0.2, -0.15) is 0 Å². The zero-order valence-corrected chi connectivity index (χ0v) is 7.52. The van der Waals surface area contributed by atoms with Crippen LogP contribution < -0.4 is 11.1 Å². The Morgan fingerprint density at radius 2 is 2.15 bits per heavy atom. The van der Waals surface area contributed by atoms with Crippen LogP contribution in [0.3, 0.4) is 0 Å². The lowest BCUT2D eigenvalue weighted by Gasteiger charge is -2.07. The van der Waals surface area contributed by atoms with Gasteiger partial charge in [-0.05, 0) is 24.6 Å². The van der Waals surface area contributed by atoms with E-state index in [1.807, 2.05) is 0 Å². The molecule has 1 aromatic rings. The number of hydrogen-bond acceptors (Lipinski definition) is 2. The van der Waals surface area contributed by atoms with E-state index in [0.717, 1.165) is 0 Å². The number of benzene rings is 1. The standard InChI is InChI=1S/C9H11FN2O/c1-5-3-8(11)9(4-7(5)10)12-6(2)13/h3-4H,11H2,1-2H3,(H,12,13). The first-order valence-corrected chi connectivity index (χ1v) is 3.84. The van der Waals surface area contributed by atoms with Crippen molar-refractivity contribution in [3.05, 3.63) is 23.5 Å². The molecule has 3 nitrogen and oxygen atoms in total. The topological polar surface area (TPSA) is 55.1 Å². The van der Waals surface area contributed by atoms with E-state index < -0.39 is 0 Å². The van der Waals surface area contributed by atoms with Gasteiger partial charge < -0.3 is 11.1 Å². The average molecular weight is 182 g/mol. The maximum absolute atomic E-state index is 13.0. The molecule has 0 aliphatic rings. The molecule has 0 atom stereocenters. The first-order chi connectivity index (χ1) is 6.00. The van der Waals surface area contributed by atoms with Crippen molar-refractivity contribution in [1.29, 1.82) is 0 Å². The fourth-order valence-corrected chi connectivity index (χ4v) is 1.00. The minimum atomic E-state index is -0.377. The molecule has 4 heteroatoms. The predicted molar refractivity (Wildman–Crippen MR) is 49.9 cm³/mol. The second kappa shape index (κ2) is 3.43. The van der Waals surface area contributed by atoms with Gasteiger partial charge in [0.25, 0.3) is 0 Å². The number of nitrogens with two attached hydrogens (primary N) is 1. The highest BCUT2D eigenvalue weighted by Gasteiger charge is 2.05. The molecule has 70 valence electrons. The van der Waals surface area contributed by atoms with Crippen LogP contribution in [-0.2, 0) is 4.79 Å². The van der Waals surface area contributed by atoms with Crippen molar-refractivity contribution in [2.45, 2.75) is 13.8 Å². The monoisotopic (exact) mass is 182 g/mol. The van der Waals surface area contributed by atoms with Gasteiger partial charge in [-0.25, -0.2) is 4.39 Å². The highest BCUT2D eigenvalue weighted by atomic mass is 19.1. The molecule has 0 unspecified atom stereocenters. The molecule has 0 heterocycles. The number of halogens is 1. The van der Waals surface area contributed by atoms with Crippen molar-refractivity contribution < 1.29 is 9.18 Å². The molecule has 0 radical (unpaired) electrons. The number of nitrogen functional groups attached to an aromatic ring is 1. The van der Waals surface area contributed by atoms with Gasteiger partial charge in [0.2, 0.25) is 5.91 Å². The van der Waals surface area contributed by atoms with Gasteiger partial charge in [0, 0.05) is 6.92 Å². The fourth-order valence-electron chi connectivity index (χ4n) is 1.00. The van der Waals surface area contributed by atoms with Crippen molar-refractivity contribution in [3.8, 4) is 0 Å². The lowest BCUT2D eigenvalue weighted by Crippen LogP contribution is -2.08. The van der Waals surface area contributed by atoms with E-state index in [-0.39, 0.29) is 11.7 Å². The summed E-state index contributed by atoms with van der Waals surface area (Å²) in [4.78, 5) is 10.7. The zero-order valence-electron chi connectivity index (χ0n) is 7.52. The summed E-state index contributed by atoms with van der Waals surface area (Å²) in [6.45, 7) is 2.96. The molecule has 0 fully saturated rings. The summed E-state index contributed by atoms with van der Waals surface area (Å²) in [6.07, 6.45) is 0. The molecule has 0 spiro atoms. The van der Waals surface area contributed by atoms with Crippen LogP contribution in [0.25, 0.3) is 0 Å². The summed E-state index contributed by atoms with van der Waals surface area (Å²) in [5.74, 6) is -0.645. The highest BCUT2D eigenvalue weighted by Crippen LogP contribution is 2.22. The molecule has 0 bridgehead atoms. The van der Waals surface area contributed by atoms with Crippen molar-refractivity contribution in [2.75, 3.05) is 11.1 Å². The Balaban J connectivity index is 3.08. The predicted octanol–water partition coefficient (Wildman–Crippen LogP) is 1.67. The Kier molecular flexibility index (Phi) is 2.51. The first kappa shape index (κ1) is 9.51. The second-order valence-corrected chi connectivity index (χ2v) is 2.87. The third kappa shape index (κ3) is 2.18. The third-order valence-corrected chi connectivity index (χ3v) is 1.64. The summed E-state index contributed by atoms with van der Waals surface area (Å²) in [5, 5.41) is 2.44. The minimum Gasteiger partial charge on any atom is -0.397 e. The van der Waals surface area contributed by atoms with Gasteiger partial charge in [-0.3, -0.25) is 4.79 Å². The maximum atomic E-state index is 13.0. The molecule has 3 N–H and O–H groups in total. The van der Waals surface area contributed by atoms with Gasteiger partial charge in [-0.1, -0.05) is 0 Å². The number of anilines is 2. The molecule has 0 aromatic heterocycles. The van der Waals surface area contributed by atoms with Crippen molar-refractivity contribution >= 4 is 17.3 Å². The van der Waals surface area contributed by atoms with Crippen LogP contribution in [0.4, 0.5) is 15.8 Å². The molecule has 1 rings (SSSR count). The van der Waals surface area contributed by atoms with E-state index in [4.69, 9.17) is 5.73 Å². The minimum absolute atomic E-state index is 0.269. The Bertz CT molecular complexity index is 350. The molecule has 1 aromatic carbocycles. The number of amides is 1. The lowest BCUT2D eigenvalue weighted by molar-refractivity contribution is -0.114. The van der Waals surface area contributed by atoms with E-state index in [9.17, 15) is 9.18 Å². The Hall–Kier alpha value is -1.58. The van der Waals surface area contributed by atoms with E-state index in [1.54, 1.807) is 6.92 Å². The molecular formula is C9H11FN2O. The fraction of sp³-hybridized carbons (Fsp3) is 0.222. The smallest absolute Gasteiger partial charge is 0.221 e. The summed E-state index contributed by atoms with van der Waals surface area (Å²) in [7, 11) is 0. The molecule has 0 saturated carbocycles. The number of carbonyl (C=O) groups is 1. The quantitative estimate of drug-likeness (QED) is 0.649. The Labute approximate surface area is 75.7 Å². The van der Waals surface area contributed by atoms with Gasteiger partial charge >= 0.3 is 0 Å². The van der Waals surface area contributed by atoms with Crippen molar-refractivity contribution in [3.63, 3.8) is 0 Å². The summed E-state index contributed by atoms with van der Waals surface area (Å²) >= 11 is 0. The van der Waals surface area contributed by atoms with Crippen LogP contribution in [-0.4, -0.2) is 5.91 Å². The third-order valence-electron chi connectivity index (χ3n) is 1.64. The van der Waals surface area contributed by atoms with Gasteiger partial charge in [0.05, 0.1) is 11.4 Å². The van der Waals surface area contributed by atoms with Crippen LogP contribution in [0.2, 0.25) is 0 Å². The van der Waals surface area contributed by atoms with E-state index >= 15 is 0 Å². The van der Waals surface area contributed by atoms with Crippen LogP contribution in [0.1, 0.15) is 12.5 Å². The molecular weight excluding hydrogens is 171 g/mol. The molecule has 13 heavy (non-hydrogen) atoms. The molecule has 0 aliphatic heterocycles. The molecule has 0 aliphatic carbocycles. The maximum Gasteiger partial charge on any atom is 0.221 e. The summed E-state index contributed by atoms with van der Waals surface area (Å²) in [5.41, 5.74) is 6.71. The SMILES string of the molecule is CC(=O)Nc1cc(F)c(C)cc1N. The number of hydrogen-bond donors (Lipinski definition) is 2. The molecule has 1 amide bonds. The lowest BCUT2D eigenvalue weighted by atomic mass is 10.2. The van der Waals surface area contributed by atoms with Crippen LogP contribution in [0.15, 0.2) is 12.1 Å². The van der Waals surface area contributed by atoms with Gasteiger partial charge in [-0.15, -0.1) is 0 Å². The van der Waals surface area contributed by atoms with Crippen molar-refractivity contribution in [1.82, 2.24) is 0 Å². The van der Waals surface area contributed by atoms with Crippen LogP contribution in [0, 0.1) is 12.7 Å². The number of carbonyl (C=O) groups excluding carboxylic acids is 1. The number of rotatable bonds is 1. The van der Waals surface area contributed by atoms with E-state index in [0.29, 0.717) is 16.9 Å². The molecule has 0 saturated heterocycles. The Morgan fingerprint density at radius 1 is 1.54 bits per heavy atom. The average Bonchev–Trinajstić information content (AvgIpc) is 1.99. The second-order valence-electron chi connectivity index (χ2n) is 2.87. The van der Waals surface area contributed by atoms with Gasteiger partial charge in [0.15, 0.2) is 0 Å². The normalized spacial score (nSPS) is 9.77. The Morgan fingerprint density at radius 3 is 2.69 bits per heavy atom. The summed E-state index contributed by atoms with van der Waals surface area (Å²) in [6, 6.07) is 2.70. The van der Waals surface area contributed by atoms with Crippen LogP contribution >= 0.6 is 0 Å². The highest BCUT2D eigenvalue weighted by molar-refractivity contribution is 5.92. The first-order valence-electron chi connectivity index (χ1n) is 3.84. The van der Waals surface area contributed by atoms with Crippen LogP contribution in [0.5, 0.6) is 0 Å². The zero-order chi connectivity index (χ0) is 10.0. The number of nitrogens with one attached hydrogen (secondary N) is 1. The van der Waals surface area contributed by atoms with Crippen molar-refractivity contribution in [2.24, 2.45) is 0 Å². The largest absolute Gasteiger partial charge is 0.397 e. The van der Waals surface area contributed by atoms with Gasteiger partial charge in [0.1, 0.15) is 5.82 Å². The van der Waals surface area contributed by atoms with E-state index in [1.165, 1.54) is 19.1 Å².